The van der Waals surface area contributed by atoms with E-state index in [0.29, 0.717) is 18.2 Å². The number of carboxylic acids is 1. The van der Waals surface area contributed by atoms with Crippen LogP contribution in [0.4, 0.5) is 5.69 Å². The maximum Gasteiger partial charge on any atom is 0.336 e. The molecule has 34 heavy (non-hydrogen) atoms. The molecule has 0 aromatic heterocycles. The fraction of sp³-hybridized carbons (Fsp3) is 0.269. The number of carboxylic acid groups (broad SMARTS) is 1. The fourth-order valence-electron chi connectivity index (χ4n) is 4.31. The third kappa shape index (κ3) is 4.90. The van der Waals surface area contributed by atoms with Gasteiger partial charge in [-0.25, -0.2) is 4.79 Å². The Hall–Kier alpha value is -3.42. The van der Waals surface area contributed by atoms with Crippen LogP contribution in [0.2, 0.25) is 0 Å². The van der Waals surface area contributed by atoms with Gasteiger partial charge in [0.1, 0.15) is 6.04 Å². The highest BCUT2D eigenvalue weighted by Gasteiger charge is 2.32. The molecule has 0 aliphatic carbocycles. The van der Waals surface area contributed by atoms with Gasteiger partial charge in [0.2, 0.25) is 11.8 Å². The van der Waals surface area contributed by atoms with E-state index in [4.69, 9.17) is 0 Å². The summed E-state index contributed by atoms with van der Waals surface area (Å²) in [5.41, 5.74) is 2.92. The Morgan fingerprint density at radius 3 is 2.50 bits per heavy atom. The lowest BCUT2D eigenvalue weighted by atomic mass is 9.99. The summed E-state index contributed by atoms with van der Waals surface area (Å²) in [6, 6.07) is 17.4. The molecular formula is C26H28ClN3O4. The number of aromatic carboxylic acids is 1. The molecule has 7 nitrogen and oxygen atoms in total. The van der Waals surface area contributed by atoms with E-state index < -0.39 is 18.1 Å². The number of rotatable bonds is 6. The maximum absolute atomic E-state index is 13.7. The lowest BCUT2D eigenvalue weighted by molar-refractivity contribution is -0.128. The number of anilines is 1. The van der Waals surface area contributed by atoms with Crippen molar-refractivity contribution in [2.45, 2.75) is 38.4 Å². The Kier molecular flexibility index (Phi) is 7.91. The van der Waals surface area contributed by atoms with E-state index in [1.165, 1.54) is 0 Å². The molecule has 2 atom stereocenters. The van der Waals surface area contributed by atoms with Crippen LogP contribution in [0.1, 0.15) is 34.8 Å². The Balaban J connectivity index is 0.00000324. The summed E-state index contributed by atoms with van der Waals surface area (Å²) in [5.74, 6) is -1.39. The Morgan fingerprint density at radius 2 is 1.76 bits per heavy atom. The molecule has 4 rings (SSSR count). The van der Waals surface area contributed by atoms with Crippen molar-refractivity contribution in [2.75, 3.05) is 11.9 Å². The number of halogens is 1. The molecule has 0 radical (unpaired) electrons. The second-order valence-electron chi connectivity index (χ2n) is 8.29. The number of benzene rings is 3. The van der Waals surface area contributed by atoms with Crippen molar-refractivity contribution in [2.24, 2.45) is 0 Å². The molecule has 3 aromatic carbocycles. The molecule has 0 saturated carbocycles. The van der Waals surface area contributed by atoms with Gasteiger partial charge in [-0.05, 0) is 60.8 Å². The highest BCUT2D eigenvalue weighted by molar-refractivity contribution is 6.05. The van der Waals surface area contributed by atoms with Gasteiger partial charge < -0.3 is 20.6 Å². The number of hydrogen-bond acceptors (Lipinski definition) is 4. The number of para-hydroxylation sites is 1. The number of amides is 2. The summed E-state index contributed by atoms with van der Waals surface area (Å²) < 4.78 is 0. The Morgan fingerprint density at radius 1 is 1.06 bits per heavy atom. The van der Waals surface area contributed by atoms with Gasteiger partial charge in [0.25, 0.3) is 0 Å². The van der Waals surface area contributed by atoms with Crippen molar-refractivity contribution in [3.63, 3.8) is 0 Å². The van der Waals surface area contributed by atoms with Gasteiger partial charge in [-0.15, -0.1) is 12.4 Å². The van der Waals surface area contributed by atoms with E-state index in [1.54, 1.807) is 37.1 Å². The minimum Gasteiger partial charge on any atom is -0.478 e. The topological polar surface area (TPSA) is 98.7 Å². The molecule has 0 spiro atoms. The van der Waals surface area contributed by atoms with E-state index >= 15 is 0 Å². The average Bonchev–Trinajstić information content (AvgIpc) is 2.95. The number of carbonyl (C=O) groups is 3. The number of nitrogens with one attached hydrogen (secondary N) is 2. The fourth-order valence-corrected chi connectivity index (χ4v) is 4.31. The van der Waals surface area contributed by atoms with Crippen LogP contribution in [-0.2, 0) is 22.6 Å². The third-order valence-corrected chi connectivity index (χ3v) is 6.26. The zero-order valence-electron chi connectivity index (χ0n) is 19.1. The number of aryl methyl sites for hydroxylation is 1. The molecule has 3 aromatic rings. The van der Waals surface area contributed by atoms with Gasteiger partial charge in [-0.1, -0.05) is 48.5 Å². The highest BCUT2D eigenvalue weighted by Crippen LogP contribution is 2.31. The Labute approximate surface area is 204 Å². The van der Waals surface area contributed by atoms with E-state index in [2.05, 4.69) is 10.6 Å². The summed E-state index contributed by atoms with van der Waals surface area (Å²) in [6.07, 6.45) is 1.17. The maximum atomic E-state index is 13.7. The van der Waals surface area contributed by atoms with Crippen LogP contribution in [0.5, 0.6) is 0 Å². The molecule has 1 aliphatic heterocycles. The van der Waals surface area contributed by atoms with Crippen molar-refractivity contribution in [3.05, 3.63) is 77.4 Å². The lowest BCUT2D eigenvalue weighted by Gasteiger charge is -2.27. The van der Waals surface area contributed by atoms with Gasteiger partial charge in [0, 0.05) is 5.69 Å². The molecule has 0 saturated heterocycles. The summed E-state index contributed by atoms with van der Waals surface area (Å²) in [4.78, 5) is 39.6. The summed E-state index contributed by atoms with van der Waals surface area (Å²) >= 11 is 0. The first kappa shape index (κ1) is 25.2. The van der Waals surface area contributed by atoms with Gasteiger partial charge in [-0.2, -0.15) is 0 Å². The molecule has 1 aliphatic rings. The minimum absolute atomic E-state index is 0. The van der Waals surface area contributed by atoms with Gasteiger partial charge in [-0.3, -0.25) is 9.59 Å². The number of carbonyl (C=O) groups excluding carboxylic acids is 2. The van der Waals surface area contributed by atoms with Crippen LogP contribution in [-0.4, -0.2) is 42.0 Å². The van der Waals surface area contributed by atoms with Crippen LogP contribution in [0.15, 0.2) is 60.7 Å². The molecule has 2 amide bonds. The van der Waals surface area contributed by atoms with Gasteiger partial charge in [0.15, 0.2) is 0 Å². The van der Waals surface area contributed by atoms with Crippen molar-refractivity contribution in [1.29, 1.82) is 0 Å². The van der Waals surface area contributed by atoms with E-state index in [9.17, 15) is 19.5 Å². The molecule has 1 heterocycles. The minimum atomic E-state index is -0.990. The summed E-state index contributed by atoms with van der Waals surface area (Å²) in [5, 5.41) is 16.8. The van der Waals surface area contributed by atoms with Crippen LogP contribution in [0.3, 0.4) is 0 Å². The first-order chi connectivity index (χ1) is 15.9. The Bertz CT molecular complexity index is 1230. The molecule has 0 unspecified atom stereocenters. The first-order valence-electron chi connectivity index (χ1n) is 11.0. The third-order valence-electron chi connectivity index (χ3n) is 6.26. The van der Waals surface area contributed by atoms with Crippen LogP contribution in [0.25, 0.3) is 10.8 Å². The largest absolute Gasteiger partial charge is 0.478 e. The number of hydrogen-bond donors (Lipinski definition) is 3. The lowest BCUT2D eigenvalue weighted by Crippen LogP contribution is -2.52. The van der Waals surface area contributed by atoms with Crippen LogP contribution < -0.4 is 15.5 Å². The van der Waals surface area contributed by atoms with E-state index in [0.717, 1.165) is 22.2 Å². The molecule has 178 valence electrons. The van der Waals surface area contributed by atoms with Gasteiger partial charge in [0.05, 0.1) is 18.2 Å². The average molecular weight is 482 g/mol. The van der Waals surface area contributed by atoms with Crippen LogP contribution in [0, 0.1) is 0 Å². The predicted molar refractivity (Wildman–Crippen MR) is 135 cm³/mol. The molecular weight excluding hydrogens is 454 g/mol. The first-order valence-corrected chi connectivity index (χ1v) is 11.0. The van der Waals surface area contributed by atoms with Crippen molar-refractivity contribution in [3.8, 4) is 0 Å². The monoisotopic (exact) mass is 481 g/mol. The molecule has 0 fully saturated rings. The highest BCUT2D eigenvalue weighted by atomic mass is 35.5. The van der Waals surface area contributed by atoms with Crippen LogP contribution >= 0.6 is 12.4 Å². The number of likely N-dealkylation sites (N-methyl/N-ethyl adjacent to an activating group) is 1. The zero-order valence-corrected chi connectivity index (χ0v) is 19.9. The predicted octanol–water partition coefficient (Wildman–Crippen LogP) is 3.53. The van der Waals surface area contributed by atoms with E-state index in [-0.39, 0.29) is 36.3 Å². The molecule has 3 N–H and O–H groups in total. The second kappa shape index (κ2) is 10.7. The van der Waals surface area contributed by atoms with Crippen molar-refractivity contribution < 1.29 is 19.5 Å². The summed E-state index contributed by atoms with van der Waals surface area (Å²) in [7, 11) is 1.70. The summed E-state index contributed by atoms with van der Waals surface area (Å²) in [6.45, 7) is 2.02. The SMILES string of the molecule is CN[C@@H](C)C(=O)N[C@H]1CCc2ccccc2N(Cc2cccc3c(C(=O)O)cccc23)C1=O.Cl. The van der Waals surface area contributed by atoms with Gasteiger partial charge >= 0.3 is 5.97 Å². The van der Waals surface area contributed by atoms with E-state index in [1.807, 2.05) is 42.5 Å². The smallest absolute Gasteiger partial charge is 0.336 e. The standard InChI is InChI=1S/C26H27N3O4.ClH/c1-16(27-2)24(30)28-22-14-13-17-7-3-4-12-23(17)29(25(22)31)15-18-8-5-10-20-19(18)9-6-11-21(20)26(32)33;/h3-12,16,22,27H,13-15H2,1-2H3,(H,28,30)(H,32,33);1H/t16-,22-;/m0./s1. The number of nitrogens with zero attached hydrogens (tertiary/aromatic N) is 1. The normalized spacial score (nSPS) is 16.2. The molecule has 0 bridgehead atoms. The quantitative estimate of drug-likeness (QED) is 0.500. The van der Waals surface area contributed by atoms with Crippen molar-refractivity contribution in [1.82, 2.24) is 10.6 Å². The van der Waals surface area contributed by atoms with Crippen molar-refractivity contribution >= 4 is 46.7 Å². The second-order valence-corrected chi connectivity index (χ2v) is 8.29. The molecule has 8 heteroatoms. The number of fused-ring (bicyclic) bond motifs is 2. The zero-order chi connectivity index (χ0) is 23.5.